The maximum atomic E-state index is 13.2. The second-order valence-corrected chi connectivity index (χ2v) is 6.49. The molecule has 0 saturated carbocycles. The Kier molecular flexibility index (Phi) is 8.99. The number of alkyl halides is 3. The van der Waals surface area contributed by atoms with E-state index in [-0.39, 0.29) is 53.1 Å². The van der Waals surface area contributed by atoms with Gasteiger partial charge in [-0.25, -0.2) is 4.79 Å². The second kappa shape index (κ2) is 10.0. The summed E-state index contributed by atoms with van der Waals surface area (Å²) >= 11 is 6.18. The average Bonchev–Trinajstić information content (AvgIpc) is 2.55. The first kappa shape index (κ1) is 24.1. The van der Waals surface area contributed by atoms with E-state index in [1.54, 1.807) is 6.92 Å². The van der Waals surface area contributed by atoms with Crippen LogP contribution in [0, 0.1) is 6.92 Å². The number of unbranched alkanes of at least 4 members (excludes halogenated alkanes) is 3. The maximum absolute atomic E-state index is 13.2. The summed E-state index contributed by atoms with van der Waals surface area (Å²) in [7, 11) is 0. The minimum Gasteiger partial charge on any atom is -1.00 e. The van der Waals surface area contributed by atoms with Crippen molar-refractivity contribution < 1.29 is 63.5 Å². The van der Waals surface area contributed by atoms with Crippen LogP contribution >= 0.6 is 11.6 Å². The smallest absolute Gasteiger partial charge is 1.00 e. The molecule has 1 aromatic carbocycles. The van der Waals surface area contributed by atoms with Gasteiger partial charge in [0.25, 0.3) is 0 Å². The average molecular weight is 417 g/mol. The van der Waals surface area contributed by atoms with E-state index in [1.165, 1.54) is 6.07 Å². The van der Waals surface area contributed by atoms with Gasteiger partial charge < -0.3 is 16.0 Å². The normalized spacial score (nSPS) is 15.9. The van der Waals surface area contributed by atoms with Crippen molar-refractivity contribution >= 4 is 23.6 Å². The molecule has 27 heavy (non-hydrogen) atoms. The van der Waals surface area contributed by atoms with Crippen LogP contribution in [0.2, 0.25) is 5.02 Å². The molecule has 1 unspecified atom stereocenters. The number of benzene rings is 1. The molecule has 146 valence electrons. The molecule has 1 atom stereocenters. The van der Waals surface area contributed by atoms with Gasteiger partial charge in [-0.05, 0) is 25.5 Å². The molecule has 4 nitrogen and oxygen atoms in total. The number of carbonyl (C=O) groups is 1. The second-order valence-electron chi connectivity index (χ2n) is 6.08. The van der Waals surface area contributed by atoms with Crippen LogP contribution in [-0.2, 0) is 4.79 Å². The molecule has 9 heteroatoms. The van der Waals surface area contributed by atoms with E-state index in [1.807, 2.05) is 0 Å². The van der Waals surface area contributed by atoms with Crippen LogP contribution in [0.5, 0.6) is 11.5 Å². The van der Waals surface area contributed by atoms with Gasteiger partial charge in [0.1, 0.15) is 11.5 Å². The molecule has 0 aromatic heterocycles. The van der Waals surface area contributed by atoms with Crippen molar-refractivity contribution in [3.8, 4) is 11.5 Å². The number of hydrogen-bond donors (Lipinski definition) is 1. The van der Waals surface area contributed by atoms with Crippen LogP contribution in [-0.4, -0.2) is 30.0 Å². The molecular weight excluding hydrogens is 396 g/mol. The Labute approximate surface area is 184 Å². The zero-order chi connectivity index (χ0) is 19.5. The standard InChI is InChI=1S/C18H20ClF3O4.Na.H/c1-3-4-5-6-7-25-15-10(2)14-11(9-13(15)19)8-12(17(23)24)16(26-14)18(20,21)22;;/h8-9,16H,3-7H2,1-2H3,(H,23,24);;/q;+1;-1. The third-order valence-electron chi connectivity index (χ3n) is 4.06. The molecule has 1 heterocycles. The summed E-state index contributed by atoms with van der Waals surface area (Å²) in [4.78, 5) is 11.2. The topological polar surface area (TPSA) is 55.8 Å². The van der Waals surface area contributed by atoms with Crippen LogP contribution in [0.15, 0.2) is 11.6 Å². The predicted molar refractivity (Wildman–Crippen MR) is 93.0 cm³/mol. The number of fused-ring (bicyclic) bond motifs is 1. The number of carboxylic acid groups (broad SMARTS) is 1. The van der Waals surface area contributed by atoms with E-state index in [2.05, 4.69) is 6.92 Å². The molecule has 1 aromatic rings. The molecule has 0 spiro atoms. The van der Waals surface area contributed by atoms with Crippen LogP contribution in [0.1, 0.15) is 45.2 Å². The van der Waals surface area contributed by atoms with Gasteiger partial charge in [0.2, 0.25) is 6.10 Å². The monoisotopic (exact) mass is 416 g/mol. The molecule has 1 N–H and O–H groups in total. The maximum Gasteiger partial charge on any atom is 1.00 e. The number of rotatable bonds is 7. The largest absolute Gasteiger partial charge is 1.00 e. The molecular formula is C18H21ClF3NaO4. The predicted octanol–water partition coefficient (Wildman–Crippen LogP) is 2.52. The van der Waals surface area contributed by atoms with Gasteiger partial charge in [-0.3, -0.25) is 0 Å². The van der Waals surface area contributed by atoms with Gasteiger partial charge in [-0.15, -0.1) is 0 Å². The first-order valence-corrected chi connectivity index (χ1v) is 8.68. The number of ether oxygens (including phenoxy) is 2. The minimum atomic E-state index is -4.85. The van der Waals surface area contributed by atoms with Crippen molar-refractivity contribution in [2.45, 2.75) is 51.8 Å². The van der Waals surface area contributed by atoms with Gasteiger partial charge in [0.15, 0.2) is 0 Å². The Morgan fingerprint density at radius 3 is 2.59 bits per heavy atom. The summed E-state index contributed by atoms with van der Waals surface area (Å²) in [5, 5.41) is 9.27. The fraction of sp³-hybridized carbons (Fsp3) is 0.500. The third-order valence-corrected chi connectivity index (χ3v) is 4.34. The molecule has 2 rings (SSSR count). The Hall–Kier alpha value is -0.890. The molecule has 0 radical (unpaired) electrons. The van der Waals surface area contributed by atoms with E-state index in [0.717, 1.165) is 31.8 Å². The Morgan fingerprint density at radius 2 is 2.04 bits per heavy atom. The van der Waals surface area contributed by atoms with Crippen molar-refractivity contribution in [3.63, 3.8) is 0 Å². The fourth-order valence-electron chi connectivity index (χ4n) is 2.75. The summed E-state index contributed by atoms with van der Waals surface area (Å²) in [6.07, 6.45) is -2.52. The van der Waals surface area contributed by atoms with Gasteiger partial charge in [0.05, 0.1) is 17.2 Å². The van der Waals surface area contributed by atoms with Gasteiger partial charge in [-0.2, -0.15) is 13.2 Å². The molecule has 0 bridgehead atoms. The van der Waals surface area contributed by atoms with Crippen LogP contribution in [0.25, 0.3) is 6.08 Å². The van der Waals surface area contributed by atoms with Gasteiger partial charge in [-0.1, -0.05) is 37.8 Å². The van der Waals surface area contributed by atoms with E-state index in [0.29, 0.717) is 12.2 Å². The summed E-state index contributed by atoms with van der Waals surface area (Å²) in [6, 6.07) is 1.36. The van der Waals surface area contributed by atoms with Crippen LogP contribution in [0.4, 0.5) is 13.2 Å². The van der Waals surface area contributed by atoms with Gasteiger partial charge >= 0.3 is 41.7 Å². The zero-order valence-electron chi connectivity index (χ0n) is 16.5. The fourth-order valence-corrected chi connectivity index (χ4v) is 3.07. The number of carboxylic acids is 1. The summed E-state index contributed by atoms with van der Waals surface area (Å²) < 4.78 is 50.2. The SMILES string of the molecule is CCCCCCOc1c(Cl)cc2c(c1C)OC(C(F)(F)F)C(C(=O)O)=C2.[H-].[Na+]. The Bertz CT molecular complexity index is 726. The first-order valence-electron chi connectivity index (χ1n) is 8.31. The number of halogens is 4. The zero-order valence-corrected chi connectivity index (χ0v) is 18.2. The Balaban J connectivity index is 0.00000364. The van der Waals surface area contributed by atoms with E-state index < -0.39 is 23.8 Å². The molecule has 0 fully saturated rings. The van der Waals surface area contributed by atoms with Crippen molar-refractivity contribution in [3.05, 3.63) is 27.8 Å². The molecule has 1 aliphatic heterocycles. The van der Waals surface area contributed by atoms with E-state index in [4.69, 9.17) is 26.2 Å². The summed E-state index contributed by atoms with van der Waals surface area (Å²) in [5.74, 6) is -1.50. The van der Waals surface area contributed by atoms with Crippen molar-refractivity contribution in [2.75, 3.05) is 6.61 Å². The van der Waals surface area contributed by atoms with Crippen LogP contribution in [0.3, 0.4) is 0 Å². The summed E-state index contributed by atoms with van der Waals surface area (Å²) in [5.41, 5.74) is -0.379. The summed E-state index contributed by atoms with van der Waals surface area (Å²) in [6.45, 7) is 4.01. The molecule has 0 amide bonds. The van der Waals surface area contributed by atoms with E-state index in [9.17, 15) is 18.0 Å². The van der Waals surface area contributed by atoms with Gasteiger partial charge in [0, 0.05) is 11.1 Å². The minimum absolute atomic E-state index is 0. The number of aliphatic carboxylic acids is 1. The van der Waals surface area contributed by atoms with Crippen molar-refractivity contribution in [2.24, 2.45) is 0 Å². The van der Waals surface area contributed by atoms with Crippen molar-refractivity contribution in [1.82, 2.24) is 0 Å². The third kappa shape index (κ3) is 5.79. The Morgan fingerprint density at radius 1 is 1.37 bits per heavy atom. The van der Waals surface area contributed by atoms with Crippen molar-refractivity contribution in [1.29, 1.82) is 0 Å². The van der Waals surface area contributed by atoms with Crippen LogP contribution < -0.4 is 39.0 Å². The molecule has 0 saturated heterocycles. The molecule has 0 aliphatic carbocycles. The van der Waals surface area contributed by atoms with E-state index >= 15 is 0 Å². The number of hydrogen-bond acceptors (Lipinski definition) is 3. The molecule has 1 aliphatic rings. The first-order chi connectivity index (χ1) is 12.2. The quantitative estimate of drug-likeness (QED) is 0.548.